The summed E-state index contributed by atoms with van der Waals surface area (Å²) in [7, 11) is 0.504. The van der Waals surface area contributed by atoms with Crippen LogP contribution in [0.4, 0.5) is 11.4 Å². The monoisotopic (exact) mass is 284 g/mol. The predicted octanol–water partition coefficient (Wildman–Crippen LogP) is 1.62. The molecule has 1 rings (SSSR count). The number of hydrogen-bond donors (Lipinski definition) is 2. The summed E-state index contributed by atoms with van der Waals surface area (Å²) in [6.45, 7) is 1.96. The van der Waals surface area contributed by atoms with Crippen LogP contribution >= 0.6 is 0 Å². The molecule has 0 bridgehead atoms. The van der Waals surface area contributed by atoms with Crippen LogP contribution in [0.25, 0.3) is 0 Å². The van der Waals surface area contributed by atoms with Crippen LogP contribution in [0.2, 0.25) is 0 Å². The molecule has 5 nitrogen and oxygen atoms in total. The molecule has 1 aromatic carbocycles. The van der Waals surface area contributed by atoms with Crippen LogP contribution in [-0.4, -0.2) is 35.3 Å². The molecule has 2 atom stereocenters. The normalized spacial score (nSPS) is 13.6. The lowest BCUT2D eigenvalue weighted by atomic mass is 10.1. The third-order valence-electron chi connectivity index (χ3n) is 2.73. The average molecular weight is 284 g/mol. The highest BCUT2D eigenvalue weighted by Crippen LogP contribution is 2.25. The number of carbonyl (C=O) groups excluding carboxylic acids is 1. The Morgan fingerprint density at radius 3 is 2.79 bits per heavy atom. The summed E-state index contributed by atoms with van der Waals surface area (Å²) in [5.41, 5.74) is 7.36. The van der Waals surface area contributed by atoms with E-state index < -0.39 is 16.8 Å². The van der Waals surface area contributed by atoms with Crippen LogP contribution in [0.1, 0.15) is 23.7 Å². The van der Waals surface area contributed by atoms with Crippen molar-refractivity contribution in [1.29, 1.82) is 0 Å². The van der Waals surface area contributed by atoms with Gasteiger partial charge in [0, 0.05) is 28.9 Å². The minimum Gasteiger partial charge on any atom is -0.465 e. The van der Waals surface area contributed by atoms with Gasteiger partial charge in [-0.25, -0.2) is 4.79 Å². The summed E-state index contributed by atoms with van der Waals surface area (Å²) in [4.78, 5) is 11.7. The fourth-order valence-electron chi connectivity index (χ4n) is 1.67. The number of anilines is 2. The second kappa shape index (κ2) is 7.13. The van der Waals surface area contributed by atoms with E-state index in [2.05, 4.69) is 5.32 Å². The average Bonchev–Trinajstić information content (AvgIpc) is 2.37. The van der Waals surface area contributed by atoms with E-state index >= 15 is 0 Å². The molecule has 2 unspecified atom stereocenters. The number of carbonyl (C=O) groups is 1. The number of nitrogens with one attached hydrogen (secondary N) is 1. The minimum atomic E-state index is -0.828. The van der Waals surface area contributed by atoms with Crippen LogP contribution in [0, 0.1) is 0 Å². The van der Waals surface area contributed by atoms with Crippen LogP contribution in [-0.2, 0) is 15.5 Å². The summed E-state index contributed by atoms with van der Waals surface area (Å²) in [6.07, 6.45) is 2.40. The highest BCUT2D eigenvalue weighted by Gasteiger charge is 2.15. The van der Waals surface area contributed by atoms with Crippen molar-refractivity contribution in [1.82, 2.24) is 0 Å². The smallest absolute Gasteiger partial charge is 0.340 e. The molecule has 0 fully saturated rings. The fraction of sp³-hybridized carbons (Fsp3) is 0.462. The lowest BCUT2D eigenvalue weighted by molar-refractivity contribution is 0.0602. The molecular formula is C13H20N2O3S. The highest BCUT2D eigenvalue weighted by molar-refractivity contribution is 7.84. The molecule has 3 N–H and O–H groups in total. The van der Waals surface area contributed by atoms with Gasteiger partial charge in [-0.1, -0.05) is 6.07 Å². The van der Waals surface area contributed by atoms with Crippen molar-refractivity contribution in [2.75, 3.05) is 30.2 Å². The molecule has 6 heteroatoms. The van der Waals surface area contributed by atoms with Crippen LogP contribution in [0.15, 0.2) is 18.2 Å². The number of ether oxygens (including phenoxy) is 1. The molecule has 0 radical (unpaired) electrons. The molecular weight excluding hydrogens is 264 g/mol. The number of nitrogen functional groups attached to an aromatic ring is 1. The number of methoxy groups -OCH3 is 1. The quantitative estimate of drug-likeness (QED) is 0.613. The van der Waals surface area contributed by atoms with Crippen molar-refractivity contribution in [3.8, 4) is 0 Å². The second-order valence-electron chi connectivity index (χ2n) is 4.37. The van der Waals surface area contributed by atoms with E-state index in [0.717, 1.165) is 6.42 Å². The molecule has 0 aromatic heterocycles. The molecule has 19 heavy (non-hydrogen) atoms. The van der Waals surface area contributed by atoms with Crippen molar-refractivity contribution in [3.63, 3.8) is 0 Å². The summed E-state index contributed by atoms with van der Waals surface area (Å²) >= 11 is 0. The first-order valence-electron chi connectivity index (χ1n) is 5.99. The largest absolute Gasteiger partial charge is 0.465 e. The van der Waals surface area contributed by atoms with Gasteiger partial charge in [-0.3, -0.25) is 4.21 Å². The van der Waals surface area contributed by atoms with Crippen molar-refractivity contribution in [2.24, 2.45) is 0 Å². The Balaban J connectivity index is 2.87. The standard InChI is InChI=1S/C13H20N2O3S/c1-9(7-8-19(3)17)15-12-10(13(16)18-2)5-4-6-11(12)14/h4-6,9,15H,7-8,14H2,1-3H3. The summed E-state index contributed by atoms with van der Waals surface area (Å²) in [5.74, 6) is 0.176. The molecule has 0 saturated carbocycles. The van der Waals surface area contributed by atoms with Crippen LogP contribution in [0.3, 0.4) is 0 Å². The topological polar surface area (TPSA) is 81.4 Å². The van der Waals surface area contributed by atoms with Crippen molar-refractivity contribution in [3.05, 3.63) is 23.8 Å². The Labute approximate surface area is 116 Å². The maximum atomic E-state index is 11.7. The van der Waals surface area contributed by atoms with E-state index in [1.54, 1.807) is 24.5 Å². The zero-order chi connectivity index (χ0) is 14.4. The summed E-state index contributed by atoms with van der Waals surface area (Å²) < 4.78 is 15.8. The third-order valence-corrected chi connectivity index (χ3v) is 3.54. The Morgan fingerprint density at radius 2 is 2.21 bits per heavy atom. The van der Waals surface area contributed by atoms with Gasteiger partial charge in [-0.15, -0.1) is 0 Å². The lowest BCUT2D eigenvalue weighted by Crippen LogP contribution is -2.21. The Bertz CT molecular complexity index is 477. The van der Waals surface area contributed by atoms with Gasteiger partial charge in [-0.2, -0.15) is 0 Å². The molecule has 0 aliphatic rings. The molecule has 0 amide bonds. The van der Waals surface area contributed by atoms with Crippen LogP contribution < -0.4 is 11.1 Å². The van der Waals surface area contributed by atoms with Gasteiger partial charge in [0.2, 0.25) is 0 Å². The fourth-order valence-corrected chi connectivity index (χ4v) is 2.36. The number of rotatable bonds is 6. The minimum absolute atomic E-state index is 0.0667. The van der Waals surface area contributed by atoms with E-state index in [1.165, 1.54) is 7.11 Å². The van der Waals surface area contributed by atoms with E-state index in [4.69, 9.17) is 10.5 Å². The highest BCUT2D eigenvalue weighted by atomic mass is 32.2. The van der Waals surface area contributed by atoms with Crippen molar-refractivity contribution < 1.29 is 13.7 Å². The number of nitrogens with two attached hydrogens (primary N) is 1. The van der Waals surface area contributed by atoms with Gasteiger partial charge in [0.1, 0.15) is 0 Å². The first-order valence-corrected chi connectivity index (χ1v) is 7.71. The molecule has 106 valence electrons. The van der Waals surface area contributed by atoms with E-state index in [0.29, 0.717) is 22.7 Å². The van der Waals surface area contributed by atoms with Gasteiger partial charge in [0.15, 0.2) is 0 Å². The maximum absolute atomic E-state index is 11.7. The third kappa shape index (κ3) is 4.55. The Hall–Kier alpha value is -1.56. The van der Waals surface area contributed by atoms with E-state index in [-0.39, 0.29) is 6.04 Å². The number of hydrogen-bond acceptors (Lipinski definition) is 5. The number of para-hydroxylation sites is 1. The number of esters is 1. The Morgan fingerprint density at radius 1 is 1.53 bits per heavy atom. The molecule has 0 saturated heterocycles. The molecule has 0 aliphatic carbocycles. The summed E-state index contributed by atoms with van der Waals surface area (Å²) in [5, 5.41) is 3.19. The van der Waals surface area contributed by atoms with E-state index in [1.807, 2.05) is 6.92 Å². The van der Waals surface area contributed by atoms with Crippen molar-refractivity contribution in [2.45, 2.75) is 19.4 Å². The van der Waals surface area contributed by atoms with Crippen LogP contribution in [0.5, 0.6) is 0 Å². The summed E-state index contributed by atoms with van der Waals surface area (Å²) in [6, 6.07) is 5.16. The second-order valence-corrected chi connectivity index (χ2v) is 5.93. The maximum Gasteiger partial charge on any atom is 0.340 e. The Kier molecular flexibility index (Phi) is 5.82. The SMILES string of the molecule is COC(=O)c1cccc(N)c1NC(C)CCS(C)=O. The zero-order valence-electron chi connectivity index (χ0n) is 11.4. The first kappa shape index (κ1) is 15.5. The molecule has 1 aromatic rings. The van der Waals surface area contributed by atoms with E-state index in [9.17, 15) is 9.00 Å². The van der Waals surface area contributed by atoms with Gasteiger partial charge in [0.25, 0.3) is 0 Å². The molecule has 0 spiro atoms. The first-order chi connectivity index (χ1) is 8.95. The number of benzene rings is 1. The predicted molar refractivity (Wildman–Crippen MR) is 78.8 cm³/mol. The van der Waals surface area contributed by atoms with Crippen molar-refractivity contribution >= 4 is 28.1 Å². The lowest BCUT2D eigenvalue weighted by Gasteiger charge is -2.18. The van der Waals surface area contributed by atoms with Gasteiger partial charge in [-0.05, 0) is 25.5 Å². The molecule has 0 heterocycles. The molecule has 0 aliphatic heterocycles. The van der Waals surface area contributed by atoms with Gasteiger partial charge >= 0.3 is 5.97 Å². The van der Waals surface area contributed by atoms with Gasteiger partial charge in [0.05, 0.1) is 24.0 Å². The van der Waals surface area contributed by atoms with Gasteiger partial charge < -0.3 is 15.8 Å². The zero-order valence-corrected chi connectivity index (χ0v) is 12.3.